The third-order valence-electron chi connectivity index (χ3n) is 3.39. The number of ether oxygens (including phenoxy) is 2. The Hall–Kier alpha value is -1.97. The SMILES string of the molecule is CCNC(=NCc1ccnn1C)Nc1ccc(OCC)c(OC)c1.I. The molecule has 0 bridgehead atoms. The Morgan fingerprint density at radius 1 is 1.24 bits per heavy atom. The molecule has 2 N–H and O–H groups in total. The lowest BCUT2D eigenvalue weighted by atomic mass is 10.2. The first-order valence-electron chi connectivity index (χ1n) is 8.01. The van der Waals surface area contributed by atoms with Gasteiger partial charge in [-0.3, -0.25) is 4.68 Å². The van der Waals surface area contributed by atoms with Gasteiger partial charge in [-0.1, -0.05) is 0 Å². The van der Waals surface area contributed by atoms with Gasteiger partial charge in [0.15, 0.2) is 17.5 Å². The van der Waals surface area contributed by atoms with E-state index in [4.69, 9.17) is 9.47 Å². The molecular weight excluding hydrogens is 433 g/mol. The highest BCUT2D eigenvalue weighted by Crippen LogP contribution is 2.30. The fourth-order valence-electron chi connectivity index (χ4n) is 2.18. The molecule has 0 fully saturated rings. The lowest BCUT2D eigenvalue weighted by Gasteiger charge is -2.14. The van der Waals surface area contributed by atoms with Crippen LogP contribution in [-0.4, -0.2) is 36.0 Å². The van der Waals surface area contributed by atoms with Gasteiger partial charge in [-0.2, -0.15) is 5.10 Å². The molecule has 2 rings (SSSR count). The molecule has 25 heavy (non-hydrogen) atoms. The number of aliphatic imine (C=N–C) groups is 1. The molecule has 0 saturated heterocycles. The second-order valence-electron chi connectivity index (χ2n) is 5.06. The number of nitrogens with zero attached hydrogens (tertiary/aromatic N) is 3. The number of nitrogens with one attached hydrogen (secondary N) is 2. The van der Waals surface area contributed by atoms with Crippen LogP contribution >= 0.6 is 24.0 Å². The van der Waals surface area contributed by atoms with Gasteiger partial charge in [0.2, 0.25) is 0 Å². The van der Waals surface area contributed by atoms with Crippen molar-refractivity contribution in [3.05, 3.63) is 36.2 Å². The minimum Gasteiger partial charge on any atom is -0.493 e. The van der Waals surface area contributed by atoms with Gasteiger partial charge in [0.25, 0.3) is 0 Å². The van der Waals surface area contributed by atoms with Gasteiger partial charge in [0, 0.05) is 31.5 Å². The van der Waals surface area contributed by atoms with Crippen molar-refractivity contribution in [1.29, 1.82) is 0 Å². The summed E-state index contributed by atoms with van der Waals surface area (Å²) < 4.78 is 12.7. The van der Waals surface area contributed by atoms with E-state index in [1.54, 1.807) is 13.3 Å². The molecule has 0 saturated carbocycles. The summed E-state index contributed by atoms with van der Waals surface area (Å²) in [4.78, 5) is 4.59. The lowest BCUT2D eigenvalue weighted by Crippen LogP contribution is -2.30. The Bertz CT molecular complexity index is 687. The Balaban J connectivity index is 0.00000312. The maximum Gasteiger partial charge on any atom is 0.196 e. The molecule has 0 aliphatic rings. The van der Waals surface area contributed by atoms with Crippen LogP contribution in [-0.2, 0) is 13.6 Å². The lowest BCUT2D eigenvalue weighted by molar-refractivity contribution is 0.311. The first-order valence-corrected chi connectivity index (χ1v) is 8.01. The fraction of sp³-hybridized carbons (Fsp3) is 0.412. The van der Waals surface area contributed by atoms with Crippen LogP contribution in [0.15, 0.2) is 35.5 Å². The fourth-order valence-corrected chi connectivity index (χ4v) is 2.18. The van der Waals surface area contributed by atoms with Crippen LogP contribution in [0.1, 0.15) is 19.5 Å². The summed E-state index contributed by atoms with van der Waals surface area (Å²) in [6.45, 7) is 5.88. The van der Waals surface area contributed by atoms with Gasteiger partial charge in [0.05, 0.1) is 26.0 Å². The molecule has 0 spiro atoms. The molecule has 1 heterocycles. The molecule has 1 aromatic carbocycles. The Morgan fingerprint density at radius 3 is 2.64 bits per heavy atom. The topological polar surface area (TPSA) is 72.7 Å². The van der Waals surface area contributed by atoms with Gasteiger partial charge in [0.1, 0.15) is 0 Å². The molecule has 138 valence electrons. The van der Waals surface area contributed by atoms with Crippen molar-refractivity contribution >= 4 is 35.6 Å². The van der Waals surface area contributed by atoms with E-state index in [1.165, 1.54) is 0 Å². The van der Waals surface area contributed by atoms with Crippen LogP contribution in [0, 0.1) is 0 Å². The number of halogens is 1. The predicted molar refractivity (Wildman–Crippen MR) is 111 cm³/mol. The highest BCUT2D eigenvalue weighted by atomic mass is 127. The minimum absolute atomic E-state index is 0. The van der Waals surface area contributed by atoms with Gasteiger partial charge in [-0.25, -0.2) is 4.99 Å². The van der Waals surface area contributed by atoms with Gasteiger partial charge in [-0.05, 0) is 32.0 Å². The first-order chi connectivity index (χ1) is 11.7. The normalized spacial score (nSPS) is 10.8. The van der Waals surface area contributed by atoms with E-state index in [2.05, 4.69) is 20.7 Å². The first kappa shape index (κ1) is 21.1. The highest BCUT2D eigenvalue weighted by Gasteiger charge is 2.07. The molecule has 0 unspecified atom stereocenters. The molecule has 0 radical (unpaired) electrons. The summed E-state index contributed by atoms with van der Waals surface area (Å²) >= 11 is 0. The van der Waals surface area contributed by atoms with E-state index < -0.39 is 0 Å². The molecule has 2 aromatic rings. The van der Waals surface area contributed by atoms with E-state index in [0.29, 0.717) is 24.9 Å². The van der Waals surface area contributed by atoms with E-state index in [0.717, 1.165) is 23.7 Å². The number of rotatable bonds is 7. The number of guanidine groups is 1. The summed E-state index contributed by atoms with van der Waals surface area (Å²) in [5, 5.41) is 10.7. The minimum atomic E-state index is 0. The predicted octanol–water partition coefficient (Wildman–Crippen LogP) is 3.02. The van der Waals surface area contributed by atoms with Crippen molar-refractivity contribution in [2.45, 2.75) is 20.4 Å². The maximum absolute atomic E-state index is 5.54. The molecule has 0 aliphatic heterocycles. The number of anilines is 1. The smallest absolute Gasteiger partial charge is 0.196 e. The number of aromatic nitrogens is 2. The van der Waals surface area contributed by atoms with Gasteiger partial charge >= 0.3 is 0 Å². The molecule has 0 atom stereocenters. The van der Waals surface area contributed by atoms with Crippen molar-refractivity contribution in [1.82, 2.24) is 15.1 Å². The van der Waals surface area contributed by atoms with Crippen molar-refractivity contribution in [2.75, 3.05) is 25.6 Å². The van der Waals surface area contributed by atoms with Crippen molar-refractivity contribution in [3.8, 4) is 11.5 Å². The zero-order chi connectivity index (χ0) is 17.4. The maximum atomic E-state index is 5.54. The Morgan fingerprint density at radius 2 is 2.04 bits per heavy atom. The highest BCUT2D eigenvalue weighted by molar-refractivity contribution is 14.0. The van der Waals surface area contributed by atoms with Crippen molar-refractivity contribution in [2.24, 2.45) is 12.0 Å². The van der Waals surface area contributed by atoms with Crippen LogP contribution < -0.4 is 20.1 Å². The van der Waals surface area contributed by atoms with Crippen LogP contribution in [0.3, 0.4) is 0 Å². The molecule has 0 aliphatic carbocycles. The molecule has 0 amide bonds. The zero-order valence-electron chi connectivity index (χ0n) is 15.1. The van der Waals surface area contributed by atoms with Gasteiger partial charge < -0.3 is 20.1 Å². The third-order valence-corrected chi connectivity index (χ3v) is 3.39. The average Bonchev–Trinajstić information content (AvgIpc) is 2.99. The number of benzene rings is 1. The standard InChI is InChI=1S/C17H25N5O2.HI/c1-5-18-17(19-12-14-9-10-20-22(14)3)21-13-7-8-15(24-6-2)16(11-13)23-4;/h7-11H,5-6,12H2,1-4H3,(H2,18,19,21);1H. The Kier molecular flexibility index (Phi) is 9.11. The van der Waals surface area contributed by atoms with E-state index >= 15 is 0 Å². The van der Waals surface area contributed by atoms with Crippen molar-refractivity contribution in [3.63, 3.8) is 0 Å². The second kappa shape index (κ2) is 10.8. The number of hydrogen-bond donors (Lipinski definition) is 2. The summed E-state index contributed by atoms with van der Waals surface area (Å²) in [6, 6.07) is 7.66. The largest absolute Gasteiger partial charge is 0.493 e. The summed E-state index contributed by atoms with van der Waals surface area (Å²) in [5.41, 5.74) is 1.91. The second-order valence-corrected chi connectivity index (χ2v) is 5.06. The number of aryl methyl sites for hydroxylation is 1. The molecule has 8 heteroatoms. The van der Waals surface area contributed by atoms with Crippen LogP contribution in [0.5, 0.6) is 11.5 Å². The third kappa shape index (κ3) is 6.11. The number of methoxy groups -OCH3 is 1. The van der Waals surface area contributed by atoms with Crippen molar-refractivity contribution < 1.29 is 9.47 Å². The zero-order valence-corrected chi connectivity index (χ0v) is 17.4. The summed E-state index contributed by atoms with van der Waals surface area (Å²) in [5.74, 6) is 2.11. The van der Waals surface area contributed by atoms with Crippen LogP contribution in [0.25, 0.3) is 0 Å². The van der Waals surface area contributed by atoms with E-state index in [1.807, 2.05) is 49.8 Å². The Labute approximate surface area is 165 Å². The van der Waals surface area contributed by atoms with E-state index in [-0.39, 0.29) is 24.0 Å². The van der Waals surface area contributed by atoms with Crippen LogP contribution in [0.2, 0.25) is 0 Å². The van der Waals surface area contributed by atoms with Gasteiger partial charge in [-0.15, -0.1) is 24.0 Å². The van der Waals surface area contributed by atoms with E-state index in [9.17, 15) is 0 Å². The summed E-state index contributed by atoms with van der Waals surface area (Å²) in [7, 11) is 3.53. The average molecular weight is 459 g/mol. The molecular formula is C17H26IN5O2. The molecule has 1 aromatic heterocycles. The number of hydrogen-bond acceptors (Lipinski definition) is 4. The monoisotopic (exact) mass is 459 g/mol. The quantitative estimate of drug-likeness (QED) is 0.379. The van der Waals surface area contributed by atoms with Crippen LogP contribution in [0.4, 0.5) is 5.69 Å². The molecule has 7 nitrogen and oxygen atoms in total. The summed E-state index contributed by atoms with van der Waals surface area (Å²) in [6.07, 6.45) is 1.77.